The zero-order valence-electron chi connectivity index (χ0n) is 17.8. The molecule has 32 heavy (non-hydrogen) atoms. The van der Waals surface area contributed by atoms with Gasteiger partial charge in [0.1, 0.15) is 16.8 Å². The molecule has 1 N–H and O–H groups in total. The molecule has 1 aliphatic carbocycles. The second kappa shape index (κ2) is 8.45. The first-order valence-electron chi connectivity index (χ1n) is 10.4. The maximum absolute atomic E-state index is 12.7. The first-order valence-corrected chi connectivity index (χ1v) is 12.2. The van der Waals surface area contributed by atoms with Crippen molar-refractivity contribution in [2.75, 3.05) is 18.2 Å². The summed E-state index contributed by atoms with van der Waals surface area (Å²) >= 11 is 2.87. The lowest BCUT2D eigenvalue weighted by atomic mass is 9.96. The van der Waals surface area contributed by atoms with Gasteiger partial charge in [-0.3, -0.25) is 9.20 Å². The number of nitrogens with one attached hydrogen (secondary N) is 1. The lowest BCUT2D eigenvalue weighted by molar-refractivity contribution is -0.113. The molecule has 162 valence electrons. The highest BCUT2D eigenvalue weighted by Gasteiger charge is 2.22. The fourth-order valence-electron chi connectivity index (χ4n) is 4.16. The van der Waals surface area contributed by atoms with Crippen LogP contribution < -0.4 is 10.1 Å². The van der Waals surface area contributed by atoms with E-state index in [9.17, 15) is 10.1 Å². The number of hydrogen-bond acceptors (Lipinski definition) is 7. The van der Waals surface area contributed by atoms with Crippen LogP contribution in [0.1, 0.15) is 34.4 Å². The topological polar surface area (TPSA) is 92.3 Å². The quantitative estimate of drug-likeness (QED) is 0.430. The third-order valence-electron chi connectivity index (χ3n) is 5.71. The molecule has 7 nitrogen and oxygen atoms in total. The molecule has 3 aromatic heterocycles. The number of carbonyl (C=O) groups is 1. The van der Waals surface area contributed by atoms with Crippen LogP contribution in [0.15, 0.2) is 29.4 Å². The number of fused-ring (bicyclic) bond motifs is 4. The average Bonchev–Trinajstić information content (AvgIpc) is 3.39. The summed E-state index contributed by atoms with van der Waals surface area (Å²) in [5.41, 5.74) is 4.44. The molecular formula is C23H21N5O2S2. The van der Waals surface area contributed by atoms with Gasteiger partial charge in [0.05, 0.1) is 23.9 Å². The summed E-state index contributed by atoms with van der Waals surface area (Å²) in [6.45, 7) is 2.00. The largest absolute Gasteiger partial charge is 0.497 e. The number of pyridine rings is 1. The zero-order valence-corrected chi connectivity index (χ0v) is 19.4. The maximum atomic E-state index is 12.7. The highest BCUT2D eigenvalue weighted by Crippen LogP contribution is 2.37. The van der Waals surface area contributed by atoms with Gasteiger partial charge in [-0.05, 0) is 67.3 Å². The van der Waals surface area contributed by atoms with E-state index in [1.54, 1.807) is 7.11 Å². The summed E-state index contributed by atoms with van der Waals surface area (Å²) in [5, 5.41) is 23.6. The molecule has 5 rings (SSSR count). The Morgan fingerprint density at radius 2 is 2.16 bits per heavy atom. The van der Waals surface area contributed by atoms with Crippen molar-refractivity contribution in [3.63, 3.8) is 0 Å². The Labute approximate surface area is 193 Å². The lowest BCUT2D eigenvalue weighted by Crippen LogP contribution is -2.14. The van der Waals surface area contributed by atoms with Gasteiger partial charge < -0.3 is 10.1 Å². The molecule has 0 saturated carbocycles. The van der Waals surface area contributed by atoms with Crippen molar-refractivity contribution in [3.05, 3.63) is 45.8 Å². The normalized spacial score (nSPS) is 13.2. The van der Waals surface area contributed by atoms with Crippen LogP contribution in [0.5, 0.6) is 5.75 Å². The molecular weight excluding hydrogens is 442 g/mol. The summed E-state index contributed by atoms with van der Waals surface area (Å²) in [6, 6.07) is 10.2. The Hall–Kier alpha value is -3.09. The number of thiophene rings is 1. The number of nitrogens with zero attached hydrogens (tertiary/aromatic N) is 4. The van der Waals surface area contributed by atoms with E-state index in [4.69, 9.17) is 4.74 Å². The lowest BCUT2D eigenvalue weighted by Gasteiger charge is -2.09. The van der Waals surface area contributed by atoms with Crippen LogP contribution in [0.3, 0.4) is 0 Å². The number of anilines is 1. The van der Waals surface area contributed by atoms with Gasteiger partial charge in [-0.1, -0.05) is 11.8 Å². The number of thioether (sulfide) groups is 1. The Kier molecular flexibility index (Phi) is 5.49. The van der Waals surface area contributed by atoms with Gasteiger partial charge in [-0.15, -0.1) is 21.5 Å². The Balaban J connectivity index is 1.41. The first kappa shape index (κ1) is 20.8. The number of rotatable bonds is 5. The minimum absolute atomic E-state index is 0.156. The molecule has 1 amide bonds. The predicted molar refractivity (Wildman–Crippen MR) is 127 cm³/mol. The van der Waals surface area contributed by atoms with Gasteiger partial charge in [0, 0.05) is 10.9 Å². The molecule has 3 heterocycles. The number of carbonyl (C=O) groups excluding carboxylic acids is 1. The number of ether oxygens (including phenoxy) is 1. The van der Waals surface area contributed by atoms with Crippen molar-refractivity contribution >= 4 is 50.6 Å². The second-order valence-electron chi connectivity index (χ2n) is 7.76. The van der Waals surface area contributed by atoms with E-state index in [-0.39, 0.29) is 11.7 Å². The third-order valence-corrected chi connectivity index (χ3v) is 7.84. The van der Waals surface area contributed by atoms with Crippen LogP contribution in [0, 0.1) is 18.3 Å². The number of amides is 1. The van der Waals surface area contributed by atoms with E-state index in [0.29, 0.717) is 15.7 Å². The van der Waals surface area contributed by atoms with E-state index >= 15 is 0 Å². The van der Waals surface area contributed by atoms with Crippen molar-refractivity contribution in [1.82, 2.24) is 14.6 Å². The van der Waals surface area contributed by atoms with E-state index in [2.05, 4.69) is 27.6 Å². The smallest absolute Gasteiger partial charge is 0.235 e. The molecule has 9 heteroatoms. The number of methoxy groups -OCH3 is 1. The fourth-order valence-corrected chi connectivity index (χ4v) is 6.17. The van der Waals surface area contributed by atoms with Crippen molar-refractivity contribution in [1.29, 1.82) is 5.26 Å². The van der Waals surface area contributed by atoms with E-state index in [0.717, 1.165) is 59.1 Å². The molecule has 0 bridgehead atoms. The summed E-state index contributed by atoms with van der Waals surface area (Å²) in [4.78, 5) is 14.0. The van der Waals surface area contributed by atoms with Crippen LogP contribution in [0.25, 0.3) is 16.6 Å². The molecule has 1 aromatic carbocycles. The molecule has 0 saturated heterocycles. The third kappa shape index (κ3) is 3.59. The number of nitriles is 1. The van der Waals surface area contributed by atoms with Gasteiger partial charge in [0.25, 0.3) is 0 Å². The highest BCUT2D eigenvalue weighted by molar-refractivity contribution is 7.99. The Morgan fingerprint density at radius 1 is 1.31 bits per heavy atom. The van der Waals surface area contributed by atoms with Gasteiger partial charge in [-0.25, -0.2) is 0 Å². The molecule has 0 aliphatic heterocycles. The van der Waals surface area contributed by atoms with E-state index in [1.165, 1.54) is 28.0 Å². The second-order valence-corrected chi connectivity index (χ2v) is 9.81. The summed E-state index contributed by atoms with van der Waals surface area (Å²) < 4.78 is 7.36. The van der Waals surface area contributed by atoms with E-state index in [1.807, 2.05) is 29.5 Å². The van der Waals surface area contributed by atoms with Crippen molar-refractivity contribution in [3.8, 4) is 11.8 Å². The SMILES string of the molecule is COc1ccc2cc(C)c3nnc(SCC(=O)Nc4sc5c(c4C#N)CCCC5)n3c2c1. The number of benzene rings is 1. The summed E-state index contributed by atoms with van der Waals surface area (Å²) in [5.74, 6) is 0.764. The van der Waals surface area contributed by atoms with Crippen molar-refractivity contribution < 1.29 is 9.53 Å². The standard InChI is InChI=1S/C23H21N5O2S2/c1-13-9-14-7-8-15(30-2)10-18(14)28-21(13)26-27-23(28)31-12-20(29)25-22-17(11-24)16-5-3-4-6-19(16)32-22/h7-10H,3-6,12H2,1-2H3,(H,25,29). The van der Waals surface area contributed by atoms with Gasteiger partial charge >= 0.3 is 0 Å². The van der Waals surface area contributed by atoms with Crippen LogP contribution in [-0.4, -0.2) is 33.4 Å². The van der Waals surface area contributed by atoms with Crippen molar-refractivity contribution in [2.24, 2.45) is 0 Å². The molecule has 0 fully saturated rings. The minimum Gasteiger partial charge on any atom is -0.497 e. The molecule has 4 aromatic rings. The Morgan fingerprint density at radius 3 is 2.97 bits per heavy atom. The molecule has 0 atom stereocenters. The molecule has 0 radical (unpaired) electrons. The number of aryl methyl sites for hydroxylation is 2. The Bertz CT molecular complexity index is 1400. The van der Waals surface area contributed by atoms with Crippen LogP contribution in [-0.2, 0) is 17.6 Å². The number of aromatic nitrogens is 3. The fraction of sp³-hybridized carbons (Fsp3) is 0.304. The molecule has 0 spiro atoms. The maximum Gasteiger partial charge on any atom is 0.235 e. The van der Waals surface area contributed by atoms with Gasteiger partial charge in [0.15, 0.2) is 10.8 Å². The van der Waals surface area contributed by atoms with E-state index < -0.39 is 0 Å². The monoisotopic (exact) mass is 463 g/mol. The predicted octanol–water partition coefficient (Wildman–Crippen LogP) is 4.74. The molecule has 0 unspecified atom stereocenters. The minimum atomic E-state index is -0.156. The zero-order chi connectivity index (χ0) is 22.2. The number of hydrogen-bond donors (Lipinski definition) is 1. The highest BCUT2D eigenvalue weighted by atomic mass is 32.2. The van der Waals surface area contributed by atoms with Crippen LogP contribution in [0.4, 0.5) is 5.00 Å². The first-order chi connectivity index (χ1) is 15.6. The molecule has 1 aliphatic rings. The van der Waals surface area contributed by atoms with Gasteiger partial charge in [0.2, 0.25) is 5.91 Å². The average molecular weight is 464 g/mol. The van der Waals surface area contributed by atoms with Crippen LogP contribution in [0.2, 0.25) is 0 Å². The van der Waals surface area contributed by atoms with Crippen LogP contribution >= 0.6 is 23.1 Å². The van der Waals surface area contributed by atoms with Crippen molar-refractivity contribution in [2.45, 2.75) is 37.8 Å². The van der Waals surface area contributed by atoms with Gasteiger partial charge in [-0.2, -0.15) is 5.26 Å². The summed E-state index contributed by atoms with van der Waals surface area (Å²) in [7, 11) is 1.64. The summed E-state index contributed by atoms with van der Waals surface area (Å²) in [6.07, 6.45) is 4.14.